The molecule has 2 aliphatic heterocycles. The average Bonchev–Trinajstić information content (AvgIpc) is 3.93. The second-order valence-electron chi connectivity index (χ2n) is 18.0. The van der Waals surface area contributed by atoms with Crippen LogP contribution in [-0.4, -0.2) is 106 Å². The van der Waals surface area contributed by atoms with Crippen molar-refractivity contribution in [2.45, 2.75) is 158 Å². The summed E-state index contributed by atoms with van der Waals surface area (Å²) in [5, 5.41) is 46.3. The van der Waals surface area contributed by atoms with Crippen molar-refractivity contribution in [3.05, 3.63) is 35.0 Å². The predicted octanol–water partition coefficient (Wildman–Crippen LogP) is 9.25. The number of nitrogens with two attached hydrogens (primary N) is 1. The number of anilines is 2. The molecule has 0 radical (unpaired) electrons. The molecular weight excluding hydrogens is 1070 g/mol. The van der Waals surface area contributed by atoms with Crippen LogP contribution in [0.5, 0.6) is 11.8 Å². The molecule has 0 aromatic carbocycles. The number of aliphatic hydroxyl groups is 3. The lowest BCUT2D eigenvalue weighted by Crippen LogP contribution is -2.43. The molecule has 34 heteroatoms. The minimum absolute atomic E-state index is 0.239. The van der Waals surface area contributed by atoms with Crippen LogP contribution in [0, 0.1) is 0 Å². The fourth-order valence-corrected chi connectivity index (χ4v) is 7.12. The highest BCUT2D eigenvalue weighted by atomic mass is 19.4. The van der Waals surface area contributed by atoms with E-state index in [0.717, 1.165) is 6.92 Å². The van der Waals surface area contributed by atoms with Gasteiger partial charge in [-0.1, -0.05) is 0 Å². The fourth-order valence-electron chi connectivity index (χ4n) is 7.12. The Bertz CT molecular complexity index is 2670. The molecule has 0 fully saturated rings. The van der Waals surface area contributed by atoms with Crippen molar-refractivity contribution in [3.63, 3.8) is 0 Å². The lowest BCUT2D eigenvalue weighted by molar-refractivity contribution is -0.277. The van der Waals surface area contributed by atoms with Crippen molar-refractivity contribution < 1.29 is 119 Å². The topological polar surface area (TPSA) is 273 Å². The molecule has 4 aromatic rings. The first-order chi connectivity index (χ1) is 34.1. The number of carbonyl (C=O) groups is 2. The molecule has 75 heavy (non-hydrogen) atoms. The fraction of sp³-hybridized carbons (Fsp3) is 0.610. The van der Waals surface area contributed by atoms with Crippen LogP contribution in [0.25, 0.3) is 23.2 Å². The Labute approximate surface area is 411 Å². The van der Waals surface area contributed by atoms with Gasteiger partial charge in [-0.15, -0.1) is 20.4 Å². The van der Waals surface area contributed by atoms with Gasteiger partial charge in [-0.2, -0.15) is 65.9 Å². The molecule has 0 saturated carbocycles. The number of esters is 1. The minimum Gasteiger partial charge on any atom is -0.474 e. The number of pyridine rings is 2. The van der Waals surface area contributed by atoms with E-state index in [4.69, 9.17) is 28.8 Å². The number of aliphatic hydroxyl groups excluding tert-OH is 1. The zero-order chi connectivity index (χ0) is 56.7. The van der Waals surface area contributed by atoms with E-state index in [0.29, 0.717) is 12.1 Å². The molecule has 2 aliphatic rings. The monoisotopic (exact) mass is 1110 g/mol. The molecule has 418 valence electrons. The number of carbonyl (C=O) groups excluding carboxylic acids is 2. The average molecular weight is 1110 g/mol. The molecular formula is C41H43F15N8O11. The molecule has 6 atom stereocenters. The summed E-state index contributed by atoms with van der Waals surface area (Å²) < 4.78 is 233. The van der Waals surface area contributed by atoms with Crippen molar-refractivity contribution in [3.8, 4) is 34.9 Å². The van der Waals surface area contributed by atoms with E-state index in [9.17, 15) is 90.8 Å². The summed E-state index contributed by atoms with van der Waals surface area (Å²) in [6.45, 7) is 6.92. The number of alkyl halides is 15. The number of nitrogens with one attached hydrogen (secondary N) is 1. The Morgan fingerprint density at radius 2 is 1.15 bits per heavy atom. The predicted molar refractivity (Wildman–Crippen MR) is 218 cm³/mol. The van der Waals surface area contributed by atoms with E-state index in [1.54, 1.807) is 0 Å². The van der Waals surface area contributed by atoms with E-state index in [-0.39, 0.29) is 19.3 Å². The first-order valence-electron chi connectivity index (χ1n) is 21.7. The molecule has 2 unspecified atom stereocenters. The zero-order valence-corrected chi connectivity index (χ0v) is 39.2. The lowest BCUT2D eigenvalue weighted by Gasteiger charge is -2.28. The number of amides is 1. The number of nitrogen functional groups attached to an aromatic ring is 1. The van der Waals surface area contributed by atoms with Gasteiger partial charge in [0.1, 0.15) is 35.0 Å². The Balaban J connectivity index is 0.000000277. The molecule has 8 bridgehead atoms. The van der Waals surface area contributed by atoms with Gasteiger partial charge in [-0.25, -0.2) is 19.6 Å². The second kappa shape index (κ2) is 21.3. The summed E-state index contributed by atoms with van der Waals surface area (Å²) in [6.07, 6.45) is -38.1. The van der Waals surface area contributed by atoms with Crippen molar-refractivity contribution in [2.24, 2.45) is 0 Å². The number of halogens is 15. The molecule has 0 saturated heterocycles. The normalized spacial score (nSPS) is 23.5. The molecule has 0 spiro atoms. The highest BCUT2D eigenvalue weighted by Gasteiger charge is 2.60. The van der Waals surface area contributed by atoms with E-state index >= 15 is 0 Å². The first kappa shape index (κ1) is 59.4. The van der Waals surface area contributed by atoms with Gasteiger partial charge in [-0.05, 0) is 85.3 Å². The maximum atomic E-state index is 13.9. The van der Waals surface area contributed by atoms with Gasteiger partial charge in [0.15, 0.2) is 11.4 Å². The number of fused-ring (bicyclic) bond motifs is 10. The largest absolute Gasteiger partial charge is 0.490 e. The molecule has 19 nitrogen and oxygen atoms in total. The lowest BCUT2D eigenvalue weighted by atomic mass is 9.93. The Morgan fingerprint density at radius 3 is 1.61 bits per heavy atom. The third-order valence-electron chi connectivity index (χ3n) is 10.6. The third kappa shape index (κ3) is 14.3. The van der Waals surface area contributed by atoms with Crippen LogP contribution >= 0.6 is 0 Å². The van der Waals surface area contributed by atoms with Crippen molar-refractivity contribution >= 4 is 23.4 Å². The quantitative estimate of drug-likeness (QED) is 0.0924. The highest BCUT2D eigenvalue weighted by molar-refractivity contribution is 5.89. The van der Waals surface area contributed by atoms with Crippen LogP contribution in [0.3, 0.4) is 0 Å². The molecule has 4 aromatic heterocycles. The van der Waals surface area contributed by atoms with Gasteiger partial charge in [0.25, 0.3) is 23.6 Å². The van der Waals surface area contributed by atoms with E-state index in [1.165, 1.54) is 27.7 Å². The van der Waals surface area contributed by atoms with Crippen molar-refractivity contribution in [1.82, 2.24) is 30.4 Å². The third-order valence-corrected chi connectivity index (χ3v) is 10.6. The van der Waals surface area contributed by atoms with Crippen LogP contribution in [0.2, 0.25) is 0 Å². The smallest absolute Gasteiger partial charge is 0.474 e. The number of aromatic nitrogens is 6. The van der Waals surface area contributed by atoms with Crippen LogP contribution < -0.4 is 20.5 Å². The van der Waals surface area contributed by atoms with E-state index < -0.39 is 185 Å². The summed E-state index contributed by atoms with van der Waals surface area (Å²) in [5.41, 5.74) is -8.71. The molecule has 1 amide bonds. The minimum atomic E-state index is -5.47. The van der Waals surface area contributed by atoms with Crippen LogP contribution in [0.1, 0.15) is 109 Å². The number of hydrogen-bond donors (Lipinski definition) is 5. The van der Waals surface area contributed by atoms with Gasteiger partial charge >= 0.3 is 42.9 Å². The maximum absolute atomic E-state index is 13.9. The van der Waals surface area contributed by atoms with E-state index in [2.05, 4.69) is 40.4 Å². The van der Waals surface area contributed by atoms with Crippen molar-refractivity contribution in [1.29, 1.82) is 0 Å². The maximum Gasteiger partial charge on any atom is 0.490 e. The molecule has 6 heterocycles. The molecule has 6 rings (SSSR count). The summed E-state index contributed by atoms with van der Waals surface area (Å²) in [7, 11) is 0. The summed E-state index contributed by atoms with van der Waals surface area (Å²) in [6, 6.07) is 0.758. The Morgan fingerprint density at radius 1 is 0.693 bits per heavy atom. The number of rotatable bonds is 2. The van der Waals surface area contributed by atoms with Gasteiger partial charge in [0, 0.05) is 12.8 Å². The van der Waals surface area contributed by atoms with Crippen LogP contribution in [0.4, 0.5) is 82.0 Å². The zero-order valence-electron chi connectivity index (χ0n) is 39.2. The molecule has 0 aliphatic carbocycles. The number of hydrogen-bond acceptors (Lipinski definition) is 18. The standard InChI is InChI=1S/C22H26F6N4O6.C19H17F9N4O5/c1-10-8-11(33)6-5-7-20(35,22(26,27)28)17-32-31-16(37-17)14-13(29-18(34)38-19(2,3)4)9-12(21(23,24)25)15(30-14)36-10;1-7-5-8(36-15(33)18(23,24)25)3-2-4-16(34,19(26,27)28)14-32-31-13(37-14)11-10(29)6-9(17(20,21)22)12(30-11)35-7/h9-11,33,35H,5-8H2,1-4H3,(H,29,34);6-8,34H,2-5,29H2,1H3/t10-,11?,20-;7-,8?,16-/m11/s1. The molecule has 6 N–H and O–H groups in total. The van der Waals surface area contributed by atoms with Gasteiger partial charge in [0.2, 0.25) is 23.0 Å². The second-order valence-corrected chi connectivity index (χ2v) is 18.0. The van der Waals surface area contributed by atoms with Crippen LogP contribution in [-0.2, 0) is 37.8 Å². The number of nitrogens with zero attached hydrogens (tertiary/aromatic N) is 6. The van der Waals surface area contributed by atoms with Crippen LogP contribution in [0.15, 0.2) is 21.0 Å². The van der Waals surface area contributed by atoms with Gasteiger partial charge in [-0.3, -0.25) is 5.32 Å². The Hall–Kier alpha value is -6.45. The Kier molecular flexibility index (Phi) is 16.9. The van der Waals surface area contributed by atoms with Gasteiger partial charge < -0.3 is 48.8 Å². The summed E-state index contributed by atoms with van der Waals surface area (Å²) in [5.74, 6) is -9.27. The summed E-state index contributed by atoms with van der Waals surface area (Å²) >= 11 is 0. The summed E-state index contributed by atoms with van der Waals surface area (Å²) in [4.78, 5) is 31.0. The van der Waals surface area contributed by atoms with Gasteiger partial charge in [0.05, 0.1) is 17.5 Å². The van der Waals surface area contributed by atoms with Crippen molar-refractivity contribution in [2.75, 3.05) is 11.1 Å². The highest BCUT2D eigenvalue weighted by Crippen LogP contribution is 2.47. The SMILES string of the molecule is C[C@@H]1CC(O)CCC[C@](O)(C(F)(F)F)c2nnc(o2)-c2nc(c(C(F)(F)F)cc2NC(=O)OC(C)(C)C)O1.C[C@@H]1CC(OC(=O)C(F)(F)F)CCC[C@](O)(C(F)(F)F)c2nnc(o2)-c2nc(c(C(F)(F)F)cc2N)O1. The first-order valence-corrected chi connectivity index (χ1v) is 21.7. The number of ether oxygens (including phenoxy) is 4. The van der Waals surface area contributed by atoms with E-state index in [1.807, 2.05) is 0 Å².